The van der Waals surface area contributed by atoms with E-state index < -0.39 is 11.6 Å². The maximum Gasteiger partial charge on any atom is 0.314 e. The summed E-state index contributed by atoms with van der Waals surface area (Å²) in [6, 6.07) is 0. The molecule has 5 nitrogen and oxygen atoms in total. The van der Waals surface area contributed by atoms with E-state index >= 15 is 0 Å². The van der Waals surface area contributed by atoms with Gasteiger partial charge in [-0.3, -0.25) is 14.9 Å². The highest BCUT2D eigenvalue weighted by Gasteiger charge is 2.55. The van der Waals surface area contributed by atoms with E-state index in [1.807, 2.05) is 6.92 Å². The standard InChI is InChI=1S/C20H35NO4/c1-18(2,3)11-20(7,19(4,5)6)17(23)25-15(21-8)14-12-9-10-13(12)16(22)24-14/h12-15,21H,9-11H2,1-8H3. The maximum atomic E-state index is 13.2. The molecule has 1 heterocycles. The second kappa shape index (κ2) is 6.57. The molecule has 0 spiro atoms. The molecule has 1 N–H and O–H groups in total. The maximum absolute atomic E-state index is 13.2. The average molecular weight is 354 g/mol. The van der Waals surface area contributed by atoms with E-state index in [4.69, 9.17) is 9.47 Å². The number of esters is 2. The molecule has 0 radical (unpaired) electrons. The summed E-state index contributed by atoms with van der Waals surface area (Å²) in [7, 11) is 1.75. The van der Waals surface area contributed by atoms with E-state index in [0.717, 1.165) is 19.3 Å². The van der Waals surface area contributed by atoms with Crippen LogP contribution in [0.4, 0.5) is 0 Å². The van der Waals surface area contributed by atoms with E-state index in [2.05, 4.69) is 46.9 Å². The quantitative estimate of drug-likeness (QED) is 0.605. The summed E-state index contributed by atoms with van der Waals surface area (Å²) >= 11 is 0. The van der Waals surface area contributed by atoms with Crippen molar-refractivity contribution in [3.05, 3.63) is 0 Å². The predicted octanol–water partition coefficient (Wildman–Crippen LogP) is 3.52. The number of rotatable bonds is 5. The SMILES string of the molecule is CNC(OC(=O)C(C)(CC(C)(C)C)C(C)(C)C)C1OC(=O)C2CCC21. The molecule has 1 saturated carbocycles. The summed E-state index contributed by atoms with van der Waals surface area (Å²) in [5.74, 6) is -0.219. The Morgan fingerprint density at radius 3 is 2.16 bits per heavy atom. The summed E-state index contributed by atoms with van der Waals surface area (Å²) in [4.78, 5) is 25.1. The summed E-state index contributed by atoms with van der Waals surface area (Å²) in [5.41, 5.74) is -0.891. The molecule has 0 aromatic rings. The molecule has 1 aliphatic heterocycles. The van der Waals surface area contributed by atoms with Crippen LogP contribution in [-0.4, -0.2) is 31.3 Å². The van der Waals surface area contributed by atoms with Gasteiger partial charge in [-0.1, -0.05) is 41.5 Å². The number of cyclic esters (lactones) is 1. The first-order valence-corrected chi connectivity index (χ1v) is 9.39. The van der Waals surface area contributed by atoms with Crippen molar-refractivity contribution in [2.45, 2.75) is 80.1 Å². The van der Waals surface area contributed by atoms with Gasteiger partial charge in [0.15, 0.2) is 12.3 Å². The van der Waals surface area contributed by atoms with Gasteiger partial charge in [0.25, 0.3) is 0 Å². The third-order valence-corrected chi connectivity index (χ3v) is 6.11. The molecule has 2 fully saturated rings. The van der Waals surface area contributed by atoms with Gasteiger partial charge in [0.05, 0.1) is 11.3 Å². The summed E-state index contributed by atoms with van der Waals surface area (Å²) < 4.78 is 11.4. The minimum atomic E-state index is -0.637. The zero-order chi connectivity index (χ0) is 19.2. The smallest absolute Gasteiger partial charge is 0.314 e. The lowest BCUT2D eigenvalue weighted by Crippen LogP contribution is -2.51. The van der Waals surface area contributed by atoms with Gasteiger partial charge in [-0.05, 0) is 44.1 Å². The third kappa shape index (κ3) is 3.86. The number of hydrogen-bond acceptors (Lipinski definition) is 5. The highest BCUT2D eigenvalue weighted by Crippen LogP contribution is 2.49. The molecular formula is C20H35NO4. The van der Waals surface area contributed by atoms with Crippen LogP contribution in [0.25, 0.3) is 0 Å². The van der Waals surface area contributed by atoms with Crippen LogP contribution >= 0.6 is 0 Å². The molecule has 0 amide bonds. The molecule has 0 bridgehead atoms. The van der Waals surface area contributed by atoms with Crippen molar-refractivity contribution in [3.8, 4) is 0 Å². The monoisotopic (exact) mass is 353 g/mol. The first-order valence-electron chi connectivity index (χ1n) is 9.39. The van der Waals surface area contributed by atoms with Gasteiger partial charge in [-0.25, -0.2) is 0 Å². The van der Waals surface area contributed by atoms with Crippen molar-refractivity contribution in [3.63, 3.8) is 0 Å². The van der Waals surface area contributed by atoms with Crippen molar-refractivity contribution in [2.75, 3.05) is 7.05 Å². The van der Waals surface area contributed by atoms with Gasteiger partial charge in [-0.15, -0.1) is 0 Å². The Balaban J connectivity index is 2.17. The van der Waals surface area contributed by atoms with E-state index in [1.165, 1.54) is 0 Å². The Morgan fingerprint density at radius 2 is 1.80 bits per heavy atom. The fourth-order valence-electron chi connectivity index (χ4n) is 4.05. The largest absolute Gasteiger partial charge is 0.456 e. The lowest BCUT2D eigenvalue weighted by atomic mass is 9.61. The summed E-state index contributed by atoms with van der Waals surface area (Å²) in [6.07, 6.45) is 1.59. The Labute approximate surface area is 152 Å². The second-order valence-corrected chi connectivity index (χ2v) is 10.2. The minimum absolute atomic E-state index is 0.00488. The molecule has 5 unspecified atom stereocenters. The van der Waals surface area contributed by atoms with Crippen molar-refractivity contribution in [2.24, 2.45) is 28.1 Å². The molecule has 2 aliphatic rings. The number of nitrogens with one attached hydrogen (secondary N) is 1. The minimum Gasteiger partial charge on any atom is -0.456 e. The molecule has 25 heavy (non-hydrogen) atoms. The van der Waals surface area contributed by atoms with E-state index in [9.17, 15) is 9.59 Å². The van der Waals surface area contributed by atoms with Crippen LogP contribution < -0.4 is 5.32 Å². The zero-order valence-electron chi connectivity index (χ0n) is 17.1. The normalized spacial score (nSPS) is 29.9. The molecule has 144 valence electrons. The first kappa shape index (κ1) is 20.2. The molecule has 5 atom stereocenters. The topological polar surface area (TPSA) is 64.6 Å². The van der Waals surface area contributed by atoms with Gasteiger partial charge in [0, 0.05) is 5.92 Å². The van der Waals surface area contributed by atoms with Crippen LogP contribution in [0.1, 0.15) is 67.7 Å². The number of hydrogen-bond donors (Lipinski definition) is 1. The van der Waals surface area contributed by atoms with Crippen molar-refractivity contribution in [1.82, 2.24) is 5.32 Å². The number of carbonyl (C=O) groups excluding carboxylic acids is 2. The third-order valence-electron chi connectivity index (χ3n) is 6.11. The molecular weight excluding hydrogens is 318 g/mol. The van der Waals surface area contributed by atoms with Crippen LogP contribution in [-0.2, 0) is 19.1 Å². The van der Waals surface area contributed by atoms with Crippen LogP contribution in [0.5, 0.6) is 0 Å². The van der Waals surface area contributed by atoms with Crippen LogP contribution in [0.2, 0.25) is 0 Å². The predicted molar refractivity (Wildman–Crippen MR) is 96.7 cm³/mol. The summed E-state index contributed by atoms with van der Waals surface area (Å²) in [5, 5.41) is 3.05. The van der Waals surface area contributed by atoms with Gasteiger partial charge in [0.1, 0.15) is 0 Å². The number of carbonyl (C=O) groups is 2. The molecule has 0 aromatic heterocycles. The van der Waals surface area contributed by atoms with Crippen LogP contribution in [0, 0.1) is 28.1 Å². The lowest BCUT2D eigenvalue weighted by Gasteiger charge is -2.44. The van der Waals surface area contributed by atoms with Gasteiger partial charge >= 0.3 is 11.9 Å². The number of likely N-dealkylation sites (N-methyl/N-ethyl adjacent to an activating group) is 1. The zero-order valence-corrected chi connectivity index (χ0v) is 17.1. The number of fused-ring (bicyclic) bond motifs is 1. The first-order chi connectivity index (χ1) is 11.3. The van der Waals surface area contributed by atoms with Crippen molar-refractivity contribution < 1.29 is 19.1 Å². The van der Waals surface area contributed by atoms with E-state index in [-0.39, 0.29) is 40.7 Å². The Kier molecular flexibility index (Phi) is 5.31. The van der Waals surface area contributed by atoms with Crippen molar-refractivity contribution >= 4 is 11.9 Å². The average Bonchev–Trinajstić information content (AvgIpc) is 2.60. The van der Waals surface area contributed by atoms with E-state index in [0.29, 0.717) is 0 Å². The molecule has 0 aromatic carbocycles. The Morgan fingerprint density at radius 1 is 1.20 bits per heavy atom. The highest BCUT2D eigenvalue weighted by molar-refractivity contribution is 5.78. The van der Waals surface area contributed by atoms with Crippen LogP contribution in [0.3, 0.4) is 0 Å². The van der Waals surface area contributed by atoms with Gasteiger partial charge in [-0.2, -0.15) is 0 Å². The lowest BCUT2D eigenvalue weighted by molar-refractivity contribution is -0.182. The van der Waals surface area contributed by atoms with Crippen molar-refractivity contribution in [1.29, 1.82) is 0 Å². The molecule has 2 rings (SSSR count). The van der Waals surface area contributed by atoms with Crippen LogP contribution in [0.15, 0.2) is 0 Å². The molecule has 5 heteroatoms. The van der Waals surface area contributed by atoms with E-state index in [1.54, 1.807) is 7.05 Å². The van der Waals surface area contributed by atoms with Gasteiger partial charge < -0.3 is 9.47 Å². The Hall–Kier alpha value is -1.10. The fraction of sp³-hybridized carbons (Fsp3) is 0.900. The molecule has 1 saturated heterocycles. The molecule has 1 aliphatic carbocycles. The summed E-state index contributed by atoms with van der Waals surface area (Å²) in [6.45, 7) is 14.6. The van der Waals surface area contributed by atoms with Gasteiger partial charge in [0.2, 0.25) is 0 Å². The fourth-order valence-corrected chi connectivity index (χ4v) is 4.05. The second-order valence-electron chi connectivity index (χ2n) is 10.2. The highest BCUT2D eigenvalue weighted by atomic mass is 16.6. The Bertz CT molecular complexity index is 531. The number of ether oxygens (including phenoxy) is 2.